The molecule has 3 N–H and O–H groups in total. The van der Waals surface area contributed by atoms with Gasteiger partial charge in [0.2, 0.25) is 5.91 Å². The molecular formula is C30H23Cl2N3O3S. The quantitative estimate of drug-likeness (QED) is 0.146. The van der Waals surface area contributed by atoms with Gasteiger partial charge in [-0.05, 0) is 72.3 Å². The van der Waals surface area contributed by atoms with Crippen LogP contribution in [-0.2, 0) is 9.59 Å². The molecule has 0 radical (unpaired) electrons. The Balaban J connectivity index is 1.45. The van der Waals surface area contributed by atoms with Gasteiger partial charge in [0.15, 0.2) is 0 Å². The van der Waals surface area contributed by atoms with Gasteiger partial charge in [0.25, 0.3) is 11.8 Å². The lowest BCUT2D eigenvalue weighted by atomic mass is 10.1. The van der Waals surface area contributed by atoms with Gasteiger partial charge in [-0.3, -0.25) is 14.4 Å². The maximum absolute atomic E-state index is 13.3. The van der Waals surface area contributed by atoms with Crippen LogP contribution in [-0.4, -0.2) is 23.5 Å². The average molecular weight is 577 g/mol. The summed E-state index contributed by atoms with van der Waals surface area (Å²) in [5, 5.41) is 9.36. The van der Waals surface area contributed by atoms with E-state index < -0.39 is 11.8 Å². The van der Waals surface area contributed by atoms with Gasteiger partial charge in [0, 0.05) is 31.9 Å². The standard InChI is InChI=1S/C30H23Cl2N3O3S/c31-22-13-15-23(16-14-22)33-28(36)19-39-25-11-6-10-24(18-25)34-30(38)27(17-21-9-4-5-12-26(21)32)35-29(37)20-7-2-1-3-8-20/h1-18H,19H2,(H,33,36)(H,34,38)(H,35,37)/b27-17+. The summed E-state index contributed by atoms with van der Waals surface area (Å²) < 4.78 is 0. The molecule has 0 bridgehead atoms. The highest BCUT2D eigenvalue weighted by atomic mass is 35.5. The maximum Gasteiger partial charge on any atom is 0.272 e. The van der Waals surface area contributed by atoms with Crippen LogP contribution in [0.2, 0.25) is 10.0 Å². The van der Waals surface area contributed by atoms with Crippen molar-refractivity contribution in [2.75, 3.05) is 16.4 Å². The number of hydrogen-bond donors (Lipinski definition) is 3. The molecule has 9 heteroatoms. The molecule has 0 atom stereocenters. The molecule has 0 saturated heterocycles. The highest BCUT2D eigenvalue weighted by Crippen LogP contribution is 2.23. The summed E-state index contributed by atoms with van der Waals surface area (Å²) in [5.41, 5.74) is 2.17. The molecule has 0 aliphatic carbocycles. The van der Waals surface area contributed by atoms with E-state index in [4.69, 9.17) is 23.2 Å². The smallest absolute Gasteiger partial charge is 0.272 e. The van der Waals surface area contributed by atoms with E-state index in [0.29, 0.717) is 32.5 Å². The van der Waals surface area contributed by atoms with Crippen LogP contribution >= 0.6 is 35.0 Å². The Morgan fingerprint density at radius 1 is 0.744 bits per heavy atom. The SMILES string of the molecule is O=C(CSc1cccc(NC(=O)/C(=C\c2ccccc2Cl)NC(=O)c2ccccc2)c1)Nc1ccc(Cl)cc1. The second-order valence-corrected chi connectivity index (χ2v) is 10.1. The molecule has 0 unspecified atom stereocenters. The van der Waals surface area contributed by atoms with Crippen molar-refractivity contribution in [3.63, 3.8) is 0 Å². The molecule has 4 aromatic carbocycles. The highest BCUT2D eigenvalue weighted by molar-refractivity contribution is 8.00. The van der Waals surface area contributed by atoms with Crippen LogP contribution in [0.15, 0.2) is 114 Å². The third-order valence-corrected chi connectivity index (χ3v) is 6.91. The molecule has 0 fully saturated rings. The number of nitrogens with one attached hydrogen (secondary N) is 3. The van der Waals surface area contributed by atoms with Crippen LogP contribution in [0.1, 0.15) is 15.9 Å². The predicted molar refractivity (Wildman–Crippen MR) is 159 cm³/mol. The number of carbonyl (C=O) groups is 3. The fraction of sp³-hybridized carbons (Fsp3) is 0.0333. The van der Waals surface area contributed by atoms with Crippen molar-refractivity contribution in [2.45, 2.75) is 4.90 Å². The second-order valence-electron chi connectivity index (χ2n) is 8.23. The predicted octanol–water partition coefficient (Wildman–Crippen LogP) is 7.13. The van der Waals surface area contributed by atoms with E-state index in [0.717, 1.165) is 4.90 Å². The van der Waals surface area contributed by atoms with Crippen LogP contribution in [0.4, 0.5) is 11.4 Å². The molecule has 0 aliphatic rings. The number of anilines is 2. The molecule has 0 aliphatic heterocycles. The van der Waals surface area contributed by atoms with E-state index in [-0.39, 0.29) is 17.4 Å². The van der Waals surface area contributed by atoms with Crippen molar-refractivity contribution in [1.82, 2.24) is 5.32 Å². The van der Waals surface area contributed by atoms with E-state index in [1.54, 1.807) is 97.1 Å². The number of amides is 3. The zero-order valence-electron chi connectivity index (χ0n) is 20.5. The molecule has 4 aromatic rings. The van der Waals surface area contributed by atoms with E-state index in [1.807, 2.05) is 6.07 Å². The zero-order valence-corrected chi connectivity index (χ0v) is 22.8. The lowest BCUT2D eigenvalue weighted by Gasteiger charge is -2.12. The van der Waals surface area contributed by atoms with Gasteiger partial charge in [0.1, 0.15) is 5.70 Å². The first-order valence-electron chi connectivity index (χ1n) is 11.8. The molecular weight excluding hydrogens is 553 g/mol. The van der Waals surface area contributed by atoms with Gasteiger partial charge < -0.3 is 16.0 Å². The van der Waals surface area contributed by atoms with E-state index in [2.05, 4.69) is 16.0 Å². The Labute approximate surface area is 240 Å². The molecule has 39 heavy (non-hydrogen) atoms. The summed E-state index contributed by atoms with van der Waals surface area (Å²) in [7, 11) is 0. The highest BCUT2D eigenvalue weighted by Gasteiger charge is 2.16. The van der Waals surface area contributed by atoms with E-state index >= 15 is 0 Å². The molecule has 0 saturated carbocycles. The fourth-order valence-electron chi connectivity index (χ4n) is 3.43. The number of rotatable bonds is 9. The normalized spacial score (nSPS) is 11.0. The maximum atomic E-state index is 13.3. The number of hydrogen-bond acceptors (Lipinski definition) is 4. The van der Waals surface area contributed by atoms with E-state index in [9.17, 15) is 14.4 Å². The molecule has 0 spiro atoms. The minimum absolute atomic E-state index is 0.0253. The average Bonchev–Trinajstić information content (AvgIpc) is 2.94. The Morgan fingerprint density at radius 3 is 2.21 bits per heavy atom. The number of halogens is 2. The van der Waals surface area contributed by atoms with Gasteiger partial charge in [-0.25, -0.2) is 0 Å². The summed E-state index contributed by atoms with van der Waals surface area (Å²) >= 11 is 13.5. The van der Waals surface area contributed by atoms with Crippen molar-refractivity contribution in [2.24, 2.45) is 0 Å². The Morgan fingerprint density at radius 2 is 1.46 bits per heavy atom. The third-order valence-electron chi connectivity index (χ3n) is 5.32. The van der Waals surface area contributed by atoms with Crippen molar-refractivity contribution in [1.29, 1.82) is 0 Å². The summed E-state index contributed by atoms with van der Waals surface area (Å²) in [6, 6.07) is 29.6. The lowest BCUT2D eigenvalue weighted by molar-refractivity contribution is -0.114. The van der Waals surface area contributed by atoms with Crippen molar-refractivity contribution in [3.8, 4) is 0 Å². The van der Waals surface area contributed by atoms with Gasteiger partial charge >= 0.3 is 0 Å². The van der Waals surface area contributed by atoms with Gasteiger partial charge in [-0.15, -0.1) is 11.8 Å². The largest absolute Gasteiger partial charge is 0.325 e. The van der Waals surface area contributed by atoms with Gasteiger partial charge in [0.05, 0.1) is 5.75 Å². The molecule has 3 amide bonds. The van der Waals surface area contributed by atoms with Crippen LogP contribution < -0.4 is 16.0 Å². The zero-order chi connectivity index (χ0) is 27.6. The number of benzene rings is 4. The van der Waals surface area contributed by atoms with Crippen molar-refractivity contribution in [3.05, 3.63) is 130 Å². The monoisotopic (exact) mass is 575 g/mol. The van der Waals surface area contributed by atoms with Crippen molar-refractivity contribution >= 4 is 70.1 Å². The molecule has 196 valence electrons. The molecule has 6 nitrogen and oxygen atoms in total. The Hall–Kier alpha value is -4.04. The van der Waals surface area contributed by atoms with Gasteiger partial charge in [-0.2, -0.15) is 0 Å². The first kappa shape index (κ1) is 28.0. The first-order chi connectivity index (χ1) is 18.9. The van der Waals surface area contributed by atoms with E-state index in [1.165, 1.54) is 17.8 Å². The lowest BCUT2D eigenvalue weighted by Crippen LogP contribution is -2.30. The Bertz CT molecular complexity index is 1510. The molecule has 4 rings (SSSR count). The van der Waals surface area contributed by atoms with Gasteiger partial charge in [-0.1, -0.05) is 65.7 Å². The minimum atomic E-state index is -0.526. The summed E-state index contributed by atoms with van der Waals surface area (Å²) in [6.45, 7) is 0. The van der Waals surface area contributed by atoms with Crippen LogP contribution in [0.25, 0.3) is 6.08 Å². The molecule has 0 heterocycles. The summed E-state index contributed by atoms with van der Waals surface area (Å²) in [4.78, 5) is 39.2. The number of carbonyl (C=O) groups excluding carboxylic acids is 3. The second kappa shape index (κ2) is 13.7. The van der Waals surface area contributed by atoms with Crippen molar-refractivity contribution < 1.29 is 14.4 Å². The summed E-state index contributed by atoms with van der Waals surface area (Å²) in [5.74, 6) is -0.961. The minimum Gasteiger partial charge on any atom is -0.325 e. The first-order valence-corrected chi connectivity index (χ1v) is 13.5. The van der Waals surface area contributed by atoms with Crippen LogP contribution in [0.3, 0.4) is 0 Å². The summed E-state index contributed by atoms with van der Waals surface area (Å²) in [6.07, 6.45) is 1.53. The van der Waals surface area contributed by atoms with Crippen LogP contribution in [0, 0.1) is 0 Å². The molecule has 0 aromatic heterocycles. The third kappa shape index (κ3) is 8.48. The topological polar surface area (TPSA) is 87.3 Å². The fourth-order valence-corrected chi connectivity index (χ4v) is 4.50. The number of thioether (sulfide) groups is 1. The Kier molecular flexibility index (Phi) is 9.80. The van der Waals surface area contributed by atoms with Crippen LogP contribution in [0.5, 0.6) is 0 Å².